The first-order valence-corrected chi connectivity index (χ1v) is 3.56. The summed E-state index contributed by atoms with van der Waals surface area (Å²) in [4.78, 5) is 10.8. The van der Waals surface area contributed by atoms with Gasteiger partial charge in [-0.25, -0.2) is 0 Å². The molecule has 0 rings (SSSR count). The molecule has 0 N–H and O–H groups in total. The van der Waals surface area contributed by atoms with E-state index >= 15 is 0 Å². The minimum absolute atomic E-state index is 0.0356. The number of hydrogen-bond acceptors (Lipinski definition) is 1. The van der Waals surface area contributed by atoms with Gasteiger partial charge in [0.1, 0.15) is 0 Å². The molecule has 0 fully saturated rings. The Hall–Kier alpha value is -0.850. The van der Waals surface area contributed by atoms with Crippen LogP contribution in [-0.4, -0.2) is 5.78 Å². The van der Waals surface area contributed by atoms with Crippen LogP contribution in [0.4, 0.5) is 0 Å². The van der Waals surface area contributed by atoms with Crippen LogP contribution in [-0.2, 0) is 4.79 Å². The fourth-order valence-corrected chi connectivity index (χ4v) is 0.622. The number of carbonyl (C=O) groups excluding carboxylic acids is 1. The van der Waals surface area contributed by atoms with E-state index in [2.05, 4.69) is 13.5 Å². The van der Waals surface area contributed by atoms with Gasteiger partial charge in [-0.1, -0.05) is 26.0 Å². The summed E-state index contributed by atoms with van der Waals surface area (Å²) in [5.41, 5.74) is 0.803. The average molecular weight is 138 g/mol. The molecule has 0 amide bonds. The molecule has 0 unspecified atom stereocenters. The van der Waals surface area contributed by atoms with Gasteiger partial charge in [0.15, 0.2) is 5.78 Å². The normalized spacial score (nSPS) is 11.2. The van der Waals surface area contributed by atoms with Gasteiger partial charge >= 0.3 is 0 Å². The summed E-state index contributed by atoms with van der Waals surface area (Å²) >= 11 is 0. The third-order valence-corrected chi connectivity index (χ3v) is 1.31. The zero-order chi connectivity index (χ0) is 7.98. The van der Waals surface area contributed by atoms with Crippen molar-refractivity contribution in [2.45, 2.75) is 26.7 Å². The zero-order valence-electron chi connectivity index (χ0n) is 6.68. The monoisotopic (exact) mass is 138 g/mol. The summed E-state index contributed by atoms with van der Waals surface area (Å²) in [6, 6.07) is 0. The molecular formula is C9H14O. The quantitative estimate of drug-likeness (QED) is 0.545. The van der Waals surface area contributed by atoms with Crippen LogP contribution in [0, 0.1) is 0 Å². The van der Waals surface area contributed by atoms with Crippen molar-refractivity contribution >= 4 is 5.78 Å². The molecule has 0 aliphatic rings. The molecule has 0 radical (unpaired) electrons. The topological polar surface area (TPSA) is 17.1 Å². The van der Waals surface area contributed by atoms with Crippen molar-refractivity contribution < 1.29 is 4.79 Å². The first kappa shape index (κ1) is 9.15. The molecule has 0 saturated heterocycles. The molecule has 0 bridgehead atoms. The smallest absolute Gasteiger partial charge is 0.180 e. The van der Waals surface area contributed by atoms with Crippen molar-refractivity contribution in [2.24, 2.45) is 0 Å². The molecule has 0 aromatic rings. The van der Waals surface area contributed by atoms with Crippen LogP contribution < -0.4 is 0 Å². The molecule has 0 aliphatic heterocycles. The van der Waals surface area contributed by atoms with E-state index in [1.54, 1.807) is 0 Å². The van der Waals surface area contributed by atoms with Crippen LogP contribution in [0.3, 0.4) is 0 Å². The summed E-state index contributed by atoms with van der Waals surface area (Å²) in [5.74, 6) is 0.0356. The van der Waals surface area contributed by atoms with Gasteiger partial charge in [0.2, 0.25) is 0 Å². The molecule has 0 atom stereocenters. The SMILES string of the molecule is C=CC(=O)/C(C)=C\CCC. The van der Waals surface area contributed by atoms with E-state index in [-0.39, 0.29) is 5.78 Å². The summed E-state index contributed by atoms with van der Waals surface area (Å²) in [5, 5.41) is 0. The average Bonchev–Trinajstić information content (AvgIpc) is 1.98. The second-order valence-corrected chi connectivity index (χ2v) is 2.24. The van der Waals surface area contributed by atoms with E-state index in [4.69, 9.17) is 0 Å². The van der Waals surface area contributed by atoms with Crippen LogP contribution in [0.25, 0.3) is 0 Å². The van der Waals surface area contributed by atoms with Crippen LogP contribution in [0.2, 0.25) is 0 Å². The summed E-state index contributed by atoms with van der Waals surface area (Å²) in [6.07, 6.45) is 5.36. The highest BCUT2D eigenvalue weighted by Gasteiger charge is 1.95. The number of rotatable bonds is 4. The summed E-state index contributed by atoms with van der Waals surface area (Å²) in [6.45, 7) is 7.30. The van der Waals surface area contributed by atoms with Crippen molar-refractivity contribution in [3.05, 3.63) is 24.3 Å². The molecule has 0 spiro atoms. The van der Waals surface area contributed by atoms with Gasteiger partial charge in [-0.3, -0.25) is 4.79 Å². The highest BCUT2D eigenvalue weighted by atomic mass is 16.1. The molecule has 0 aromatic carbocycles. The molecule has 0 heterocycles. The van der Waals surface area contributed by atoms with Gasteiger partial charge in [-0.15, -0.1) is 0 Å². The second kappa shape index (κ2) is 4.98. The fraction of sp³-hybridized carbons (Fsp3) is 0.444. The lowest BCUT2D eigenvalue weighted by Crippen LogP contribution is -1.92. The Morgan fingerprint density at radius 3 is 2.60 bits per heavy atom. The molecule has 1 nitrogen and oxygen atoms in total. The van der Waals surface area contributed by atoms with E-state index in [9.17, 15) is 4.79 Å². The van der Waals surface area contributed by atoms with Gasteiger partial charge in [-0.2, -0.15) is 0 Å². The Bertz CT molecular complexity index is 154. The van der Waals surface area contributed by atoms with E-state index in [0.29, 0.717) is 0 Å². The number of unbranched alkanes of at least 4 members (excludes halogenated alkanes) is 1. The molecular weight excluding hydrogens is 124 g/mol. The molecule has 0 aromatic heterocycles. The molecule has 0 saturated carbocycles. The van der Waals surface area contributed by atoms with Crippen LogP contribution in [0.5, 0.6) is 0 Å². The molecule has 1 heteroatoms. The number of hydrogen-bond donors (Lipinski definition) is 0. The van der Waals surface area contributed by atoms with E-state index < -0.39 is 0 Å². The van der Waals surface area contributed by atoms with Gasteiger partial charge < -0.3 is 0 Å². The maximum atomic E-state index is 10.8. The predicted octanol–water partition coefficient (Wildman–Crippen LogP) is 2.49. The van der Waals surface area contributed by atoms with Crippen LogP contribution >= 0.6 is 0 Å². The third kappa shape index (κ3) is 3.23. The van der Waals surface area contributed by atoms with E-state index in [0.717, 1.165) is 18.4 Å². The highest BCUT2D eigenvalue weighted by Crippen LogP contribution is 1.99. The van der Waals surface area contributed by atoms with Gasteiger partial charge in [0, 0.05) is 0 Å². The first-order valence-electron chi connectivity index (χ1n) is 3.56. The van der Waals surface area contributed by atoms with Crippen molar-refractivity contribution in [3.8, 4) is 0 Å². The maximum Gasteiger partial charge on any atom is 0.180 e. The van der Waals surface area contributed by atoms with Gasteiger partial charge in [0.25, 0.3) is 0 Å². The largest absolute Gasteiger partial charge is 0.290 e. The Morgan fingerprint density at radius 1 is 1.60 bits per heavy atom. The van der Waals surface area contributed by atoms with Crippen molar-refractivity contribution in [2.75, 3.05) is 0 Å². The van der Waals surface area contributed by atoms with Crippen molar-refractivity contribution in [1.82, 2.24) is 0 Å². The van der Waals surface area contributed by atoms with Crippen LogP contribution in [0.1, 0.15) is 26.7 Å². The van der Waals surface area contributed by atoms with Gasteiger partial charge in [0.05, 0.1) is 0 Å². The minimum atomic E-state index is 0.0356. The maximum absolute atomic E-state index is 10.8. The predicted molar refractivity (Wildman–Crippen MR) is 43.9 cm³/mol. The fourth-order valence-electron chi connectivity index (χ4n) is 0.622. The summed E-state index contributed by atoms with van der Waals surface area (Å²) < 4.78 is 0. The second-order valence-electron chi connectivity index (χ2n) is 2.24. The lowest BCUT2D eigenvalue weighted by atomic mass is 10.1. The highest BCUT2D eigenvalue weighted by molar-refractivity contribution is 6.02. The summed E-state index contributed by atoms with van der Waals surface area (Å²) in [7, 11) is 0. The minimum Gasteiger partial charge on any atom is -0.290 e. The van der Waals surface area contributed by atoms with E-state index in [1.807, 2.05) is 13.0 Å². The zero-order valence-corrected chi connectivity index (χ0v) is 6.68. The standard InChI is InChI=1S/C9H14O/c1-4-6-7-8(3)9(10)5-2/h5,7H,2,4,6H2,1,3H3/b8-7-. The van der Waals surface area contributed by atoms with Crippen LogP contribution in [0.15, 0.2) is 24.3 Å². The Labute approximate surface area is 62.4 Å². The number of allylic oxidation sites excluding steroid dienone is 3. The number of carbonyl (C=O) groups is 1. The molecule has 0 aliphatic carbocycles. The first-order chi connectivity index (χ1) is 4.72. The van der Waals surface area contributed by atoms with E-state index in [1.165, 1.54) is 6.08 Å². The lowest BCUT2D eigenvalue weighted by Gasteiger charge is -1.92. The van der Waals surface area contributed by atoms with Gasteiger partial charge in [-0.05, 0) is 25.0 Å². The lowest BCUT2D eigenvalue weighted by molar-refractivity contribution is -0.111. The Kier molecular flexibility index (Phi) is 4.55. The Morgan fingerprint density at radius 2 is 2.20 bits per heavy atom. The number of ketones is 1. The Balaban J connectivity index is 3.91. The van der Waals surface area contributed by atoms with Crippen molar-refractivity contribution in [3.63, 3.8) is 0 Å². The molecule has 10 heavy (non-hydrogen) atoms. The molecule has 56 valence electrons. The third-order valence-electron chi connectivity index (χ3n) is 1.31. The van der Waals surface area contributed by atoms with Crippen molar-refractivity contribution in [1.29, 1.82) is 0 Å².